The monoisotopic (exact) mass is 151 g/mol. The molecule has 0 spiro atoms. The molecule has 0 aliphatic rings. The van der Waals surface area contributed by atoms with Crippen LogP contribution in [0.15, 0.2) is 30.6 Å². The predicted octanol–water partition coefficient (Wildman–Crippen LogP) is 0.405. The van der Waals surface area contributed by atoms with Crippen molar-refractivity contribution >= 4 is 6.08 Å². The fraction of sp³-hybridized carbons (Fsp3) is 0.125. The van der Waals surface area contributed by atoms with Gasteiger partial charge in [0.05, 0.1) is 0 Å². The van der Waals surface area contributed by atoms with Gasteiger partial charge in [-0.15, -0.1) is 0 Å². The van der Waals surface area contributed by atoms with Gasteiger partial charge in [0, 0.05) is 12.4 Å². The topological polar surface area (TPSA) is 53.4 Å². The summed E-state index contributed by atoms with van der Waals surface area (Å²) in [6, 6.07) is 3.61. The Morgan fingerprint density at radius 3 is 2.82 bits per heavy atom. The Balaban J connectivity index is 2.65. The molecule has 0 unspecified atom stereocenters. The molecule has 0 atom stereocenters. The first-order valence-corrected chi connectivity index (χ1v) is 3.23. The first kappa shape index (κ1) is 7.91. The molecule has 0 radical (unpaired) electrons. The highest BCUT2D eigenvalue weighted by atomic mass is 16.5. The van der Waals surface area contributed by atoms with E-state index >= 15 is 0 Å². The highest BCUT2D eigenvalue weighted by Gasteiger charge is 1.87. The zero-order chi connectivity index (χ0) is 8.10. The van der Waals surface area contributed by atoms with Crippen molar-refractivity contribution in [2.45, 2.75) is 6.29 Å². The summed E-state index contributed by atoms with van der Waals surface area (Å²) in [7, 11) is 0. The molecule has 0 saturated carbocycles. The molecule has 0 bridgehead atoms. The molecular formula is C8H9NO2. The first-order valence-electron chi connectivity index (χ1n) is 3.23. The van der Waals surface area contributed by atoms with Gasteiger partial charge in [-0.05, 0) is 17.7 Å². The number of hydrogen-bond acceptors (Lipinski definition) is 3. The van der Waals surface area contributed by atoms with Gasteiger partial charge in [0.1, 0.15) is 0 Å². The minimum atomic E-state index is -1.39. The lowest BCUT2D eigenvalue weighted by atomic mass is 10.2. The van der Waals surface area contributed by atoms with Crippen molar-refractivity contribution in [3.8, 4) is 0 Å². The van der Waals surface area contributed by atoms with Crippen molar-refractivity contribution in [2.24, 2.45) is 0 Å². The van der Waals surface area contributed by atoms with Crippen molar-refractivity contribution in [2.75, 3.05) is 0 Å². The Bertz CT molecular complexity index is 231. The lowest BCUT2D eigenvalue weighted by Gasteiger charge is -1.92. The van der Waals surface area contributed by atoms with Gasteiger partial charge >= 0.3 is 0 Å². The quantitative estimate of drug-likeness (QED) is 0.602. The Kier molecular flexibility index (Phi) is 2.77. The van der Waals surface area contributed by atoms with Gasteiger partial charge in [0.25, 0.3) is 0 Å². The highest BCUT2D eigenvalue weighted by Crippen LogP contribution is 1.98. The summed E-state index contributed by atoms with van der Waals surface area (Å²) in [6.45, 7) is 0. The van der Waals surface area contributed by atoms with E-state index in [0.29, 0.717) is 0 Å². The van der Waals surface area contributed by atoms with Crippen LogP contribution in [0.4, 0.5) is 0 Å². The van der Waals surface area contributed by atoms with Crippen molar-refractivity contribution in [3.63, 3.8) is 0 Å². The standard InChI is InChI=1S/C8H9NO2/c10-8(11)4-3-7-2-1-5-9-6-7/h1-6,8,10-11H. The number of nitrogens with zero attached hydrogens (tertiary/aromatic N) is 1. The second-order valence-electron chi connectivity index (χ2n) is 2.06. The second-order valence-corrected chi connectivity index (χ2v) is 2.06. The van der Waals surface area contributed by atoms with Crippen LogP contribution in [-0.2, 0) is 0 Å². The van der Waals surface area contributed by atoms with Crippen molar-refractivity contribution < 1.29 is 10.2 Å². The number of aromatic nitrogens is 1. The van der Waals surface area contributed by atoms with Crippen LogP contribution in [0.25, 0.3) is 6.08 Å². The number of aliphatic hydroxyl groups is 2. The van der Waals surface area contributed by atoms with Gasteiger partial charge in [0.2, 0.25) is 0 Å². The van der Waals surface area contributed by atoms with Crippen LogP contribution in [-0.4, -0.2) is 21.5 Å². The third-order valence-corrected chi connectivity index (χ3v) is 1.15. The van der Waals surface area contributed by atoms with Crippen LogP contribution >= 0.6 is 0 Å². The third-order valence-electron chi connectivity index (χ3n) is 1.15. The molecule has 1 aromatic heterocycles. The van der Waals surface area contributed by atoms with Crippen LogP contribution < -0.4 is 0 Å². The maximum absolute atomic E-state index is 8.46. The summed E-state index contributed by atoms with van der Waals surface area (Å²) >= 11 is 0. The lowest BCUT2D eigenvalue weighted by molar-refractivity contribution is 0.00304. The Morgan fingerprint density at radius 1 is 1.45 bits per heavy atom. The van der Waals surface area contributed by atoms with Crippen molar-refractivity contribution in [1.29, 1.82) is 0 Å². The zero-order valence-corrected chi connectivity index (χ0v) is 5.88. The van der Waals surface area contributed by atoms with E-state index in [1.165, 1.54) is 6.08 Å². The lowest BCUT2D eigenvalue weighted by Crippen LogP contribution is -1.96. The van der Waals surface area contributed by atoms with E-state index in [4.69, 9.17) is 10.2 Å². The summed E-state index contributed by atoms with van der Waals surface area (Å²) < 4.78 is 0. The van der Waals surface area contributed by atoms with Crippen LogP contribution in [0.3, 0.4) is 0 Å². The molecule has 58 valence electrons. The van der Waals surface area contributed by atoms with Gasteiger partial charge in [-0.25, -0.2) is 0 Å². The van der Waals surface area contributed by atoms with Gasteiger partial charge in [-0.2, -0.15) is 0 Å². The van der Waals surface area contributed by atoms with E-state index in [2.05, 4.69) is 4.98 Å². The summed E-state index contributed by atoms with van der Waals surface area (Å²) in [5.41, 5.74) is 0.848. The van der Waals surface area contributed by atoms with Gasteiger partial charge in [0.15, 0.2) is 6.29 Å². The number of hydrogen-bond donors (Lipinski definition) is 2. The van der Waals surface area contributed by atoms with Crippen LogP contribution in [0.2, 0.25) is 0 Å². The predicted molar refractivity (Wildman–Crippen MR) is 41.5 cm³/mol. The Hall–Kier alpha value is -1.19. The Labute approximate surface area is 64.6 Å². The van der Waals surface area contributed by atoms with Crippen molar-refractivity contribution in [1.82, 2.24) is 4.98 Å². The number of rotatable bonds is 2. The van der Waals surface area contributed by atoms with Crippen LogP contribution in [0.5, 0.6) is 0 Å². The van der Waals surface area contributed by atoms with E-state index in [1.54, 1.807) is 24.5 Å². The molecule has 3 heteroatoms. The van der Waals surface area contributed by atoms with Gasteiger partial charge in [-0.3, -0.25) is 4.98 Å². The fourth-order valence-corrected chi connectivity index (χ4v) is 0.672. The third kappa shape index (κ3) is 2.93. The molecule has 1 rings (SSSR count). The van der Waals surface area contributed by atoms with E-state index in [1.807, 2.05) is 6.07 Å². The molecule has 1 aromatic rings. The summed E-state index contributed by atoms with van der Waals surface area (Å²) in [6.07, 6.45) is 4.77. The van der Waals surface area contributed by atoms with E-state index < -0.39 is 6.29 Å². The molecule has 1 heterocycles. The molecule has 0 amide bonds. The molecule has 0 saturated heterocycles. The minimum Gasteiger partial charge on any atom is -0.365 e. The fourth-order valence-electron chi connectivity index (χ4n) is 0.672. The molecule has 3 nitrogen and oxygen atoms in total. The maximum Gasteiger partial charge on any atom is 0.171 e. The molecule has 0 aliphatic heterocycles. The molecule has 0 aromatic carbocycles. The van der Waals surface area contributed by atoms with Crippen LogP contribution in [0, 0.1) is 0 Å². The SMILES string of the molecule is OC(O)C=Cc1cccnc1. The van der Waals surface area contributed by atoms with E-state index in [0.717, 1.165) is 5.56 Å². The molecule has 0 fully saturated rings. The second kappa shape index (κ2) is 3.85. The number of pyridine rings is 1. The van der Waals surface area contributed by atoms with Gasteiger partial charge < -0.3 is 10.2 Å². The summed E-state index contributed by atoms with van der Waals surface area (Å²) in [5, 5.41) is 16.9. The smallest absolute Gasteiger partial charge is 0.171 e. The first-order chi connectivity index (χ1) is 5.29. The molecule has 11 heavy (non-hydrogen) atoms. The molecular weight excluding hydrogens is 142 g/mol. The normalized spacial score (nSPS) is 11.2. The van der Waals surface area contributed by atoms with Crippen molar-refractivity contribution in [3.05, 3.63) is 36.2 Å². The minimum absolute atomic E-state index is 0.848. The molecule has 0 aliphatic carbocycles. The average molecular weight is 151 g/mol. The summed E-state index contributed by atoms with van der Waals surface area (Å²) in [4.78, 5) is 3.85. The Morgan fingerprint density at radius 2 is 2.27 bits per heavy atom. The van der Waals surface area contributed by atoms with Gasteiger partial charge in [-0.1, -0.05) is 12.1 Å². The van der Waals surface area contributed by atoms with E-state index in [-0.39, 0.29) is 0 Å². The zero-order valence-electron chi connectivity index (χ0n) is 5.88. The largest absolute Gasteiger partial charge is 0.365 e. The van der Waals surface area contributed by atoms with Crippen LogP contribution in [0.1, 0.15) is 5.56 Å². The number of aliphatic hydroxyl groups excluding tert-OH is 1. The molecule has 2 N–H and O–H groups in total. The average Bonchev–Trinajstić information content (AvgIpc) is 2.03. The van der Waals surface area contributed by atoms with E-state index in [9.17, 15) is 0 Å². The summed E-state index contributed by atoms with van der Waals surface area (Å²) in [5.74, 6) is 0. The highest BCUT2D eigenvalue weighted by molar-refractivity contribution is 5.47. The maximum atomic E-state index is 8.46.